The van der Waals surface area contributed by atoms with Gasteiger partial charge in [-0.1, -0.05) is 23.7 Å². The number of nitrogens with zero attached hydrogens (tertiary/aromatic N) is 2. The molecule has 25 heavy (non-hydrogen) atoms. The minimum absolute atomic E-state index is 0.590. The second-order valence-corrected chi connectivity index (χ2v) is 6.74. The molecular formula is C20H23ClN2O2. The number of hydrogen-bond donors (Lipinski definition) is 1. The summed E-state index contributed by atoms with van der Waals surface area (Å²) in [4.78, 5) is 4.54. The van der Waals surface area contributed by atoms with Crippen LogP contribution in [-0.2, 0) is 6.54 Å². The first-order valence-corrected chi connectivity index (χ1v) is 8.88. The first kappa shape index (κ1) is 17.8. The molecule has 3 aromatic rings. The first-order valence-electron chi connectivity index (χ1n) is 8.50. The minimum atomic E-state index is -0.602. The fourth-order valence-corrected chi connectivity index (χ4v) is 3.16. The summed E-state index contributed by atoms with van der Waals surface area (Å²) in [5.41, 5.74) is 3.99. The summed E-state index contributed by atoms with van der Waals surface area (Å²) in [7, 11) is 0. The van der Waals surface area contributed by atoms with Gasteiger partial charge in [0.25, 0.3) is 0 Å². The lowest BCUT2D eigenvalue weighted by atomic mass is 10.1. The van der Waals surface area contributed by atoms with Crippen LogP contribution in [0.4, 0.5) is 0 Å². The van der Waals surface area contributed by atoms with Gasteiger partial charge in [-0.15, -0.1) is 0 Å². The van der Waals surface area contributed by atoms with Crippen molar-refractivity contribution in [1.82, 2.24) is 9.55 Å². The van der Waals surface area contributed by atoms with Crippen LogP contribution in [0.15, 0.2) is 36.4 Å². The fraction of sp³-hybridized carbons (Fsp3) is 0.350. The molecule has 0 bridgehead atoms. The van der Waals surface area contributed by atoms with Gasteiger partial charge in [-0.05, 0) is 62.6 Å². The molecule has 0 saturated carbocycles. The highest BCUT2D eigenvalue weighted by molar-refractivity contribution is 6.32. The number of rotatable bonds is 6. The van der Waals surface area contributed by atoms with E-state index < -0.39 is 6.10 Å². The third-order valence-corrected chi connectivity index (χ3v) is 4.86. The Balaban J connectivity index is 1.68. The lowest BCUT2D eigenvalue weighted by molar-refractivity contribution is 0.183. The van der Waals surface area contributed by atoms with Crippen molar-refractivity contribution in [3.8, 4) is 5.75 Å². The molecule has 0 spiro atoms. The second kappa shape index (κ2) is 7.46. The van der Waals surface area contributed by atoms with Crippen molar-refractivity contribution in [2.24, 2.45) is 0 Å². The Morgan fingerprint density at radius 1 is 1.20 bits per heavy atom. The van der Waals surface area contributed by atoms with Crippen LogP contribution in [0, 0.1) is 13.8 Å². The van der Waals surface area contributed by atoms with E-state index in [-0.39, 0.29) is 0 Å². The maximum atomic E-state index is 10.0. The normalized spacial score (nSPS) is 12.5. The highest BCUT2D eigenvalue weighted by atomic mass is 35.5. The molecule has 1 N–H and O–H groups in total. The molecule has 3 rings (SSSR count). The average molecular weight is 359 g/mol. The molecule has 0 aliphatic rings. The van der Waals surface area contributed by atoms with Crippen molar-refractivity contribution < 1.29 is 9.84 Å². The zero-order valence-corrected chi connectivity index (χ0v) is 15.5. The predicted octanol–water partition coefficient (Wildman–Crippen LogP) is 4.83. The molecule has 0 saturated heterocycles. The van der Waals surface area contributed by atoms with E-state index in [1.54, 1.807) is 6.92 Å². The fourth-order valence-electron chi connectivity index (χ4n) is 3.05. The number of aliphatic hydroxyl groups is 1. The number of aliphatic hydroxyl groups excluding tert-OH is 1. The zero-order valence-electron chi connectivity index (χ0n) is 14.8. The summed E-state index contributed by atoms with van der Waals surface area (Å²) in [5, 5.41) is 10.8. The van der Waals surface area contributed by atoms with Crippen LogP contribution < -0.4 is 4.74 Å². The van der Waals surface area contributed by atoms with Gasteiger partial charge in [-0.2, -0.15) is 0 Å². The number of ether oxygens (including phenoxy) is 1. The molecular weight excluding hydrogens is 336 g/mol. The summed E-state index contributed by atoms with van der Waals surface area (Å²) in [6.07, 6.45) is 0.218. The van der Waals surface area contributed by atoms with Crippen LogP contribution in [0.5, 0.6) is 5.75 Å². The van der Waals surface area contributed by atoms with E-state index in [1.165, 1.54) is 0 Å². The zero-order chi connectivity index (χ0) is 18.0. The molecule has 1 aromatic heterocycles. The van der Waals surface area contributed by atoms with Crippen LogP contribution in [0.25, 0.3) is 11.0 Å². The van der Waals surface area contributed by atoms with Crippen molar-refractivity contribution in [3.05, 3.63) is 58.4 Å². The Bertz CT molecular complexity index is 864. The van der Waals surface area contributed by atoms with Crippen LogP contribution in [0.3, 0.4) is 0 Å². The van der Waals surface area contributed by atoms with E-state index in [0.717, 1.165) is 45.9 Å². The predicted molar refractivity (Wildman–Crippen MR) is 101 cm³/mol. The van der Waals surface area contributed by atoms with Gasteiger partial charge in [0.2, 0.25) is 0 Å². The summed E-state index contributed by atoms with van der Waals surface area (Å²) >= 11 is 6.19. The van der Waals surface area contributed by atoms with E-state index in [2.05, 4.69) is 9.55 Å². The third kappa shape index (κ3) is 3.80. The van der Waals surface area contributed by atoms with Crippen LogP contribution in [0.1, 0.15) is 36.4 Å². The van der Waals surface area contributed by atoms with Gasteiger partial charge in [0.15, 0.2) is 0 Å². The molecule has 4 nitrogen and oxygen atoms in total. The van der Waals surface area contributed by atoms with Gasteiger partial charge < -0.3 is 14.4 Å². The van der Waals surface area contributed by atoms with Crippen molar-refractivity contribution >= 4 is 22.6 Å². The van der Waals surface area contributed by atoms with E-state index in [1.807, 2.05) is 50.2 Å². The van der Waals surface area contributed by atoms with E-state index in [4.69, 9.17) is 16.3 Å². The molecule has 132 valence electrons. The number of imidazole rings is 1. The number of aryl methyl sites for hydroxylation is 3. The lowest BCUT2D eigenvalue weighted by Crippen LogP contribution is -2.10. The topological polar surface area (TPSA) is 47.3 Å². The van der Waals surface area contributed by atoms with Crippen molar-refractivity contribution in [3.63, 3.8) is 0 Å². The average Bonchev–Trinajstić information content (AvgIpc) is 2.95. The highest BCUT2D eigenvalue weighted by Crippen LogP contribution is 2.26. The number of hydrogen-bond acceptors (Lipinski definition) is 3. The molecule has 5 heteroatoms. The van der Waals surface area contributed by atoms with Crippen LogP contribution in [-0.4, -0.2) is 21.3 Å². The summed E-state index contributed by atoms with van der Waals surface area (Å²) in [5.74, 6) is 1.53. The van der Waals surface area contributed by atoms with Crippen molar-refractivity contribution in [2.45, 2.75) is 39.8 Å². The maximum Gasteiger partial charge on any atom is 0.138 e. The number of benzene rings is 2. The smallest absolute Gasteiger partial charge is 0.138 e. The summed E-state index contributed by atoms with van der Waals surface area (Å²) in [6.45, 7) is 7.04. The quantitative estimate of drug-likeness (QED) is 0.642. The van der Waals surface area contributed by atoms with Gasteiger partial charge in [0, 0.05) is 11.6 Å². The molecule has 0 amide bonds. The van der Waals surface area contributed by atoms with Gasteiger partial charge in [0.1, 0.15) is 17.7 Å². The molecule has 1 atom stereocenters. The van der Waals surface area contributed by atoms with E-state index in [9.17, 15) is 5.11 Å². The molecule has 1 unspecified atom stereocenters. The van der Waals surface area contributed by atoms with Gasteiger partial charge in [-0.25, -0.2) is 4.98 Å². The Morgan fingerprint density at radius 3 is 2.56 bits per heavy atom. The molecule has 2 aromatic carbocycles. The van der Waals surface area contributed by atoms with Gasteiger partial charge in [0.05, 0.1) is 17.6 Å². The first-order chi connectivity index (χ1) is 12.0. The number of para-hydroxylation sites is 2. The molecule has 0 radical (unpaired) electrons. The largest absolute Gasteiger partial charge is 0.494 e. The minimum Gasteiger partial charge on any atom is -0.494 e. The highest BCUT2D eigenvalue weighted by Gasteiger charge is 2.14. The molecule has 0 aliphatic carbocycles. The van der Waals surface area contributed by atoms with Crippen molar-refractivity contribution in [1.29, 1.82) is 0 Å². The number of halogens is 1. The summed E-state index contributed by atoms with van der Waals surface area (Å²) < 4.78 is 7.95. The Kier molecular flexibility index (Phi) is 5.30. The Morgan fingerprint density at radius 2 is 1.88 bits per heavy atom. The van der Waals surface area contributed by atoms with Crippen LogP contribution in [0.2, 0.25) is 5.02 Å². The maximum absolute atomic E-state index is 10.0. The second-order valence-electron chi connectivity index (χ2n) is 6.36. The lowest BCUT2D eigenvalue weighted by Gasteiger charge is -2.13. The molecule has 0 fully saturated rings. The SMILES string of the molecule is Cc1cc(OCCCn2c(C(C)O)nc3ccccc32)cc(C)c1Cl. The van der Waals surface area contributed by atoms with E-state index >= 15 is 0 Å². The Labute approximate surface area is 153 Å². The van der Waals surface area contributed by atoms with E-state index in [0.29, 0.717) is 12.4 Å². The Hall–Kier alpha value is -2.04. The van der Waals surface area contributed by atoms with Gasteiger partial charge >= 0.3 is 0 Å². The standard InChI is InChI=1S/C20H23ClN2O2/c1-13-11-16(12-14(2)19(13)21)25-10-6-9-23-18-8-5-4-7-17(18)22-20(23)15(3)24/h4-5,7-8,11-12,15,24H,6,9-10H2,1-3H3. The number of fused-ring (bicyclic) bond motifs is 1. The number of aromatic nitrogens is 2. The van der Waals surface area contributed by atoms with Gasteiger partial charge in [-0.3, -0.25) is 0 Å². The van der Waals surface area contributed by atoms with Crippen LogP contribution >= 0.6 is 11.6 Å². The monoisotopic (exact) mass is 358 g/mol. The summed E-state index contributed by atoms with van der Waals surface area (Å²) in [6, 6.07) is 11.9. The van der Waals surface area contributed by atoms with Crippen molar-refractivity contribution in [2.75, 3.05) is 6.61 Å². The molecule has 1 heterocycles. The molecule has 0 aliphatic heterocycles. The third-order valence-electron chi connectivity index (χ3n) is 4.26.